The van der Waals surface area contributed by atoms with Crippen LogP contribution in [0.25, 0.3) is 0 Å². The predicted octanol–water partition coefficient (Wildman–Crippen LogP) is 1.65. The molecule has 1 N–H and O–H groups in total. The minimum absolute atomic E-state index is 0.479. The molecule has 0 aliphatic heterocycles. The summed E-state index contributed by atoms with van der Waals surface area (Å²) in [5, 5.41) is 3.02. The van der Waals surface area contributed by atoms with Crippen molar-refractivity contribution < 1.29 is 4.74 Å². The number of aromatic nitrogens is 3. The lowest BCUT2D eigenvalue weighted by Gasteiger charge is -2.07. The molecule has 5 heteroatoms. The maximum Gasteiger partial charge on any atom is 0.137 e. The van der Waals surface area contributed by atoms with Crippen LogP contribution >= 0.6 is 0 Å². The van der Waals surface area contributed by atoms with E-state index < -0.39 is 0 Å². The largest absolute Gasteiger partial charge is 0.378 e. The van der Waals surface area contributed by atoms with Gasteiger partial charge in [0.1, 0.15) is 11.6 Å². The van der Waals surface area contributed by atoms with E-state index >= 15 is 0 Å². The van der Waals surface area contributed by atoms with Gasteiger partial charge in [-0.15, -0.1) is 0 Å². The Morgan fingerprint density at radius 3 is 2.78 bits per heavy atom. The lowest BCUT2D eigenvalue weighted by Crippen LogP contribution is -2.05. The van der Waals surface area contributed by atoms with Crippen molar-refractivity contribution in [2.45, 2.75) is 13.0 Å². The third kappa shape index (κ3) is 3.24. The molecule has 2 aromatic rings. The van der Waals surface area contributed by atoms with Gasteiger partial charge in [0.05, 0.1) is 18.7 Å². The number of anilines is 1. The lowest BCUT2D eigenvalue weighted by atomic mass is 10.2. The van der Waals surface area contributed by atoms with Crippen LogP contribution in [0.4, 0.5) is 5.82 Å². The maximum absolute atomic E-state index is 5.10. The summed E-state index contributed by atoms with van der Waals surface area (Å²) in [6.45, 7) is 0.479. The van der Waals surface area contributed by atoms with Crippen molar-refractivity contribution in [1.29, 1.82) is 0 Å². The molecule has 2 rings (SSSR count). The van der Waals surface area contributed by atoms with Crippen molar-refractivity contribution in [2.24, 2.45) is 0 Å². The summed E-state index contributed by atoms with van der Waals surface area (Å²) in [7, 11) is 3.49. The van der Waals surface area contributed by atoms with Gasteiger partial charge in [-0.1, -0.05) is 6.07 Å². The van der Waals surface area contributed by atoms with Gasteiger partial charge in [-0.2, -0.15) is 0 Å². The fourth-order valence-electron chi connectivity index (χ4n) is 1.65. The highest BCUT2D eigenvalue weighted by molar-refractivity contribution is 5.35. The van der Waals surface area contributed by atoms with E-state index in [2.05, 4.69) is 20.3 Å². The molecule has 2 aromatic heterocycles. The van der Waals surface area contributed by atoms with Crippen LogP contribution in [0.5, 0.6) is 0 Å². The second-order valence-corrected chi connectivity index (χ2v) is 3.84. The molecule has 0 fully saturated rings. The molecule has 0 aromatic carbocycles. The fourth-order valence-corrected chi connectivity index (χ4v) is 1.65. The first-order chi connectivity index (χ1) is 8.81. The molecule has 94 valence electrons. The predicted molar refractivity (Wildman–Crippen MR) is 69.3 cm³/mol. The van der Waals surface area contributed by atoms with Crippen molar-refractivity contribution in [3.05, 3.63) is 47.7 Å². The topological polar surface area (TPSA) is 59.9 Å². The highest BCUT2D eigenvalue weighted by Gasteiger charge is 2.05. The molecule has 0 unspecified atom stereocenters. The number of hydrogen-bond donors (Lipinski definition) is 1. The fraction of sp³-hybridized carbons (Fsp3) is 0.308. The number of nitrogens with one attached hydrogen (secondary N) is 1. The van der Waals surface area contributed by atoms with E-state index in [1.807, 2.05) is 31.3 Å². The third-order valence-electron chi connectivity index (χ3n) is 2.44. The van der Waals surface area contributed by atoms with Crippen LogP contribution in [0, 0.1) is 0 Å². The summed E-state index contributed by atoms with van der Waals surface area (Å²) in [6.07, 6.45) is 2.39. The van der Waals surface area contributed by atoms with E-state index in [0.717, 1.165) is 23.0 Å². The zero-order valence-corrected chi connectivity index (χ0v) is 10.6. The van der Waals surface area contributed by atoms with Crippen LogP contribution in [0.1, 0.15) is 17.2 Å². The molecule has 0 aliphatic carbocycles. The molecular weight excluding hydrogens is 228 g/mol. The number of rotatable bonds is 5. The Hall–Kier alpha value is -2.01. The van der Waals surface area contributed by atoms with Crippen LogP contribution in [-0.2, 0) is 17.8 Å². The van der Waals surface area contributed by atoms with E-state index in [-0.39, 0.29) is 0 Å². The highest BCUT2D eigenvalue weighted by Crippen LogP contribution is 2.10. The van der Waals surface area contributed by atoms with E-state index in [1.54, 1.807) is 13.3 Å². The van der Waals surface area contributed by atoms with E-state index in [0.29, 0.717) is 13.0 Å². The number of hydrogen-bond acceptors (Lipinski definition) is 5. The number of ether oxygens (including phenoxy) is 1. The van der Waals surface area contributed by atoms with Crippen LogP contribution in [0.15, 0.2) is 30.5 Å². The molecule has 0 aliphatic rings. The normalized spacial score (nSPS) is 10.3. The van der Waals surface area contributed by atoms with Gasteiger partial charge in [0.15, 0.2) is 0 Å². The Labute approximate surface area is 106 Å². The summed E-state index contributed by atoms with van der Waals surface area (Å²) in [5.74, 6) is 1.54. The molecular formula is C13H16N4O. The van der Waals surface area contributed by atoms with Gasteiger partial charge in [0, 0.05) is 32.1 Å². The van der Waals surface area contributed by atoms with Crippen molar-refractivity contribution in [1.82, 2.24) is 15.0 Å². The zero-order chi connectivity index (χ0) is 12.8. The van der Waals surface area contributed by atoms with Crippen LogP contribution < -0.4 is 5.32 Å². The van der Waals surface area contributed by atoms with Gasteiger partial charge < -0.3 is 10.1 Å². The van der Waals surface area contributed by atoms with Crippen LogP contribution in [0.3, 0.4) is 0 Å². The third-order valence-corrected chi connectivity index (χ3v) is 2.44. The summed E-state index contributed by atoms with van der Waals surface area (Å²) in [6, 6.07) is 7.70. The lowest BCUT2D eigenvalue weighted by molar-refractivity contribution is 0.181. The Morgan fingerprint density at radius 2 is 2.11 bits per heavy atom. The molecule has 0 saturated heterocycles. The van der Waals surface area contributed by atoms with E-state index in [1.165, 1.54) is 0 Å². The van der Waals surface area contributed by atoms with Gasteiger partial charge in [-0.25, -0.2) is 9.97 Å². The highest BCUT2D eigenvalue weighted by atomic mass is 16.5. The Bertz CT molecular complexity index is 502. The van der Waals surface area contributed by atoms with Gasteiger partial charge in [-0.3, -0.25) is 4.98 Å². The molecule has 5 nitrogen and oxygen atoms in total. The summed E-state index contributed by atoms with van der Waals surface area (Å²) in [4.78, 5) is 13.1. The second-order valence-electron chi connectivity index (χ2n) is 3.84. The molecule has 0 saturated carbocycles. The van der Waals surface area contributed by atoms with Gasteiger partial charge >= 0.3 is 0 Å². The average Bonchev–Trinajstić information content (AvgIpc) is 2.40. The van der Waals surface area contributed by atoms with Crippen LogP contribution in [-0.4, -0.2) is 29.1 Å². The monoisotopic (exact) mass is 244 g/mol. The van der Waals surface area contributed by atoms with Gasteiger partial charge in [0.2, 0.25) is 0 Å². The van der Waals surface area contributed by atoms with E-state index in [4.69, 9.17) is 4.74 Å². The molecule has 0 bridgehead atoms. The molecule has 0 spiro atoms. The number of pyridine rings is 1. The first-order valence-corrected chi connectivity index (χ1v) is 5.75. The average molecular weight is 244 g/mol. The van der Waals surface area contributed by atoms with Gasteiger partial charge in [0.25, 0.3) is 0 Å². The standard InChI is InChI=1S/C13H16N4O/c1-14-12-8-11(9-18-2)16-13(17-12)7-10-5-3-4-6-15-10/h3-6,8H,7,9H2,1-2H3,(H,14,16,17). The van der Waals surface area contributed by atoms with E-state index in [9.17, 15) is 0 Å². The molecule has 18 heavy (non-hydrogen) atoms. The minimum atomic E-state index is 0.479. The first kappa shape index (κ1) is 12.4. The molecule has 2 heterocycles. The smallest absolute Gasteiger partial charge is 0.137 e. The summed E-state index contributed by atoms with van der Waals surface area (Å²) >= 11 is 0. The summed E-state index contributed by atoms with van der Waals surface area (Å²) in [5.41, 5.74) is 1.82. The second kappa shape index (κ2) is 6.07. The van der Waals surface area contributed by atoms with Gasteiger partial charge in [-0.05, 0) is 12.1 Å². The van der Waals surface area contributed by atoms with Crippen LogP contribution in [0.2, 0.25) is 0 Å². The Morgan fingerprint density at radius 1 is 1.22 bits per heavy atom. The summed E-state index contributed by atoms with van der Waals surface area (Å²) < 4.78 is 5.10. The minimum Gasteiger partial charge on any atom is -0.378 e. The van der Waals surface area contributed by atoms with Crippen molar-refractivity contribution in [3.8, 4) is 0 Å². The molecule has 0 amide bonds. The SMILES string of the molecule is CNc1cc(COC)nc(Cc2ccccn2)n1. The Kier molecular flexibility index (Phi) is 4.20. The number of methoxy groups -OCH3 is 1. The molecule has 0 radical (unpaired) electrons. The quantitative estimate of drug-likeness (QED) is 0.866. The van der Waals surface area contributed by atoms with Crippen molar-refractivity contribution in [3.63, 3.8) is 0 Å². The first-order valence-electron chi connectivity index (χ1n) is 5.75. The Balaban J connectivity index is 2.24. The van der Waals surface area contributed by atoms with Crippen molar-refractivity contribution in [2.75, 3.05) is 19.5 Å². The number of nitrogens with zero attached hydrogens (tertiary/aromatic N) is 3. The van der Waals surface area contributed by atoms with Crippen molar-refractivity contribution >= 4 is 5.82 Å². The molecule has 0 atom stereocenters. The maximum atomic E-state index is 5.10. The zero-order valence-electron chi connectivity index (χ0n) is 10.6.